The van der Waals surface area contributed by atoms with E-state index in [4.69, 9.17) is 0 Å². The quantitative estimate of drug-likeness (QED) is 0.870. The van der Waals surface area contributed by atoms with E-state index in [0.717, 1.165) is 10.7 Å². The summed E-state index contributed by atoms with van der Waals surface area (Å²) in [5.74, 6) is -0.315. The fourth-order valence-electron chi connectivity index (χ4n) is 1.71. The van der Waals surface area contributed by atoms with E-state index in [9.17, 15) is 13.2 Å². The Morgan fingerprint density at radius 1 is 1.05 bits per heavy atom. The topological polar surface area (TPSA) is 75.3 Å². The highest BCUT2D eigenvalue weighted by molar-refractivity contribution is 9.10. The van der Waals surface area contributed by atoms with Gasteiger partial charge in [-0.3, -0.25) is 9.52 Å². The van der Waals surface area contributed by atoms with Crippen molar-refractivity contribution in [3.05, 3.63) is 58.6 Å². The van der Waals surface area contributed by atoms with Crippen LogP contribution in [0.3, 0.4) is 0 Å². The molecule has 21 heavy (non-hydrogen) atoms. The minimum atomic E-state index is -3.37. The van der Waals surface area contributed by atoms with Gasteiger partial charge in [0.05, 0.1) is 6.26 Å². The third-order valence-corrected chi connectivity index (χ3v) is 3.61. The van der Waals surface area contributed by atoms with Crippen molar-refractivity contribution in [3.63, 3.8) is 0 Å². The first-order chi connectivity index (χ1) is 9.83. The second kappa shape index (κ2) is 6.28. The molecule has 0 fully saturated rings. The maximum atomic E-state index is 12.1. The number of anilines is 2. The van der Waals surface area contributed by atoms with Gasteiger partial charge in [-0.25, -0.2) is 8.42 Å². The Morgan fingerprint density at radius 2 is 1.71 bits per heavy atom. The summed E-state index contributed by atoms with van der Waals surface area (Å²) in [7, 11) is -3.37. The minimum absolute atomic E-state index is 0.315. The number of hydrogen-bond donors (Lipinski definition) is 2. The molecule has 0 aromatic heterocycles. The summed E-state index contributed by atoms with van der Waals surface area (Å²) in [5.41, 5.74) is 1.36. The summed E-state index contributed by atoms with van der Waals surface area (Å²) in [6.07, 6.45) is 1.06. The normalized spacial score (nSPS) is 11.0. The highest BCUT2D eigenvalue weighted by atomic mass is 79.9. The summed E-state index contributed by atoms with van der Waals surface area (Å²) >= 11 is 3.32. The molecule has 110 valence electrons. The third kappa shape index (κ3) is 4.87. The number of amides is 1. The minimum Gasteiger partial charge on any atom is -0.322 e. The van der Waals surface area contributed by atoms with Gasteiger partial charge in [0.15, 0.2) is 0 Å². The van der Waals surface area contributed by atoms with Crippen molar-refractivity contribution in [2.45, 2.75) is 0 Å². The first kappa shape index (κ1) is 15.5. The molecule has 0 unspecified atom stereocenters. The molecular formula is C14H13BrN2O3S. The van der Waals surface area contributed by atoms with Gasteiger partial charge in [-0.2, -0.15) is 0 Å². The molecule has 0 aliphatic rings. The van der Waals surface area contributed by atoms with Gasteiger partial charge in [0.1, 0.15) is 0 Å². The van der Waals surface area contributed by atoms with Crippen molar-refractivity contribution in [1.82, 2.24) is 0 Å². The summed E-state index contributed by atoms with van der Waals surface area (Å²) in [5, 5.41) is 2.74. The van der Waals surface area contributed by atoms with Crippen molar-refractivity contribution in [3.8, 4) is 0 Å². The molecule has 0 spiro atoms. The van der Waals surface area contributed by atoms with E-state index in [0.29, 0.717) is 16.9 Å². The van der Waals surface area contributed by atoms with Crippen LogP contribution in [-0.4, -0.2) is 20.6 Å². The summed E-state index contributed by atoms with van der Waals surface area (Å²) in [4.78, 5) is 12.1. The molecule has 0 radical (unpaired) electrons. The highest BCUT2D eigenvalue weighted by Crippen LogP contribution is 2.18. The van der Waals surface area contributed by atoms with Crippen LogP contribution in [0.15, 0.2) is 53.0 Å². The lowest BCUT2D eigenvalue weighted by Gasteiger charge is -2.08. The second-order valence-corrected chi connectivity index (χ2v) is 7.08. The van der Waals surface area contributed by atoms with E-state index < -0.39 is 10.0 Å². The fraction of sp³-hybridized carbons (Fsp3) is 0.0714. The molecule has 0 heterocycles. The molecule has 2 N–H and O–H groups in total. The smallest absolute Gasteiger partial charge is 0.255 e. The predicted octanol–water partition coefficient (Wildman–Crippen LogP) is 3.07. The number of nitrogens with one attached hydrogen (secondary N) is 2. The van der Waals surface area contributed by atoms with Crippen molar-refractivity contribution >= 4 is 43.2 Å². The maximum Gasteiger partial charge on any atom is 0.255 e. The Kier molecular flexibility index (Phi) is 4.64. The fourth-order valence-corrected chi connectivity index (χ4v) is 2.66. The summed E-state index contributed by atoms with van der Waals surface area (Å²) < 4.78 is 25.6. The zero-order valence-electron chi connectivity index (χ0n) is 11.1. The van der Waals surface area contributed by atoms with Crippen LogP contribution in [0, 0.1) is 0 Å². The zero-order chi connectivity index (χ0) is 15.5. The van der Waals surface area contributed by atoms with Crippen molar-refractivity contribution in [2.75, 3.05) is 16.3 Å². The lowest BCUT2D eigenvalue weighted by molar-refractivity contribution is 0.102. The van der Waals surface area contributed by atoms with Gasteiger partial charge in [0, 0.05) is 21.4 Å². The maximum absolute atomic E-state index is 12.1. The molecular weight excluding hydrogens is 356 g/mol. The van der Waals surface area contributed by atoms with Crippen LogP contribution >= 0.6 is 15.9 Å². The number of sulfonamides is 1. The molecule has 2 aromatic carbocycles. The van der Waals surface area contributed by atoms with Gasteiger partial charge in [0.2, 0.25) is 10.0 Å². The van der Waals surface area contributed by atoms with Crippen molar-refractivity contribution < 1.29 is 13.2 Å². The van der Waals surface area contributed by atoms with Crippen LogP contribution < -0.4 is 10.0 Å². The molecule has 0 saturated heterocycles. The van der Waals surface area contributed by atoms with Crippen LogP contribution in [0.25, 0.3) is 0 Å². The number of halogens is 1. The molecule has 7 heteroatoms. The molecule has 1 amide bonds. The Labute approximate surface area is 131 Å². The number of carbonyl (C=O) groups is 1. The second-order valence-electron chi connectivity index (χ2n) is 4.42. The third-order valence-electron chi connectivity index (χ3n) is 2.51. The van der Waals surface area contributed by atoms with Gasteiger partial charge in [-0.15, -0.1) is 0 Å². The van der Waals surface area contributed by atoms with Crippen LogP contribution in [0.2, 0.25) is 0 Å². The van der Waals surface area contributed by atoms with Gasteiger partial charge in [0.25, 0.3) is 5.91 Å². The molecule has 0 aliphatic carbocycles. The highest BCUT2D eigenvalue weighted by Gasteiger charge is 2.08. The average molecular weight is 369 g/mol. The molecule has 0 aliphatic heterocycles. The summed E-state index contributed by atoms with van der Waals surface area (Å²) in [6.45, 7) is 0. The monoisotopic (exact) mass is 368 g/mol. The Bertz CT molecular complexity index is 775. The van der Waals surface area contributed by atoms with E-state index in [-0.39, 0.29) is 5.91 Å². The van der Waals surface area contributed by atoms with Crippen molar-refractivity contribution in [1.29, 1.82) is 0 Å². The van der Waals surface area contributed by atoms with Gasteiger partial charge in [-0.05, 0) is 36.4 Å². The first-order valence-electron chi connectivity index (χ1n) is 5.98. The number of benzene rings is 2. The molecule has 2 aromatic rings. The standard InChI is InChI=1S/C14H13BrN2O3S/c1-21(19,20)17-13-7-2-4-10(8-13)14(18)16-12-6-3-5-11(15)9-12/h2-9,17H,1H3,(H,16,18). The lowest BCUT2D eigenvalue weighted by atomic mass is 10.2. The first-order valence-corrected chi connectivity index (χ1v) is 8.67. The molecule has 2 rings (SSSR count). The van der Waals surface area contributed by atoms with Crippen LogP contribution in [0.1, 0.15) is 10.4 Å². The number of rotatable bonds is 4. The Hall–Kier alpha value is -1.86. The van der Waals surface area contributed by atoms with E-state index in [1.807, 2.05) is 6.07 Å². The molecule has 0 bridgehead atoms. The molecule has 0 saturated carbocycles. The zero-order valence-corrected chi connectivity index (χ0v) is 13.5. The Morgan fingerprint density at radius 3 is 2.38 bits per heavy atom. The van der Waals surface area contributed by atoms with Crippen molar-refractivity contribution in [2.24, 2.45) is 0 Å². The van der Waals surface area contributed by atoms with Gasteiger partial charge >= 0.3 is 0 Å². The largest absolute Gasteiger partial charge is 0.322 e. The van der Waals surface area contributed by atoms with E-state index in [1.54, 1.807) is 36.4 Å². The van der Waals surface area contributed by atoms with Crippen LogP contribution in [0.4, 0.5) is 11.4 Å². The lowest BCUT2D eigenvalue weighted by Crippen LogP contribution is -2.13. The molecule has 0 atom stereocenters. The van der Waals surface area contributed by atoms with Crippen LogP contribution in [-0.2, 0) is 10.0 Å². The number of carbonyl (C=O) groups excluding carboxylic acids is 1. The SMILES string of the molecule is CS(=O)(=O)Nc1cccc(C(=O)Nc2cccc(Br)c2)c1. The van der Waals surface area contributed by atoms with E-state index in [1.165, 1.54) is 6.07 Å². The molecule has 5 nitrogen and oxygen atoms in total. The average Bonchev–Trinajstić information content (AvgIpc) is 2.37. The Balaban J connectivity index is 2.18. The van der Waals surface area contributed by atoms with Gasteiger partial charge < -0.3 is 5.32 Å². The van der Waals surface area contributed by atoms with Gasteiger partial charge in [-0.1, -0.05) is 28.1 Å². The van der Waals surface area contributed by atoms with Crippen LogP contribution in [0.5, 0.6) is 0 Å². The van der Waals surface area contributed by atoms with E-state index >= 15 is 0 Å². The summed E-state index contributed by atoms with van der Waals surface area (Å²) in [6, 6.07) is 13.5. The van der Waals surface area contributed by atoms with E-state index in [2.05, 4.69) is 26.0 Å². The predicted molar refractivity (Wildman–Crippen MR) is 87.0 cm³/mol. The number of hydrogen-bond acceptors (Lipinski definition) is 3.